The minimum atomic E-state index is 0.898. The van der Waals surface area contributed by atoms with E-state index in [1.165, 1.54) is 38.5 Å². The summed E-state index contributed by atoms with van der Waals surface area (Å²) in [6, 6.07) is 0. The molecule has 1 heteroatoms. The first-order valence-electron chi connectivity index (χ1n) is 7.07. The Labute approximate surface area is 107 Å². The lowest BCUT2D eigenvalue weighted by atomic mass is 10.1. The Hall–Kier alpha value is -0.920. The number of unbranched alkanes of at least 4 members (excludes halogenated alkanes) is 1. The molecule has 0 saturated carbocycles. The van der Waals surface area contributed by atoms with E-state index in [4.69, 9.17) is 0 Å². The minimum absolute atomic E-state index is 0.898. The minimum Gasteiger partial charge on any atom is -0.281 e. The molecule has 17 heavy (non-hydrogen) atoms. The van der Waals surface area contributed by atoms with E-state index < -0.39 is 0 Å². The highest BCUT2D eigenvalue weighted by Crippen LogP contribution is 2.04. The van der Waals surface area contributed by atoms with Crippen LogP contribution in [0.5, 0.6) is 0 Å². The second kappa shape index (κ2) is 10.2. The zero-order valence-electron chi connectivity index (χ0n) is 11.2. The highest BCUT2D eigenvalue weighted by Gasteiger charge is 1.99. The van der Waals surface area contributed by atoms with Gasteiger partial charge in [-0.2, -0.15) is 0 Å². The van der Waals surface area contributed by atoms with E-state index in [-0.39, 0.29) is 0 Å². The van der Waals surface area contributed by atoms with Gasteiger partial charge in [0.1, 0.15) is 0 Å². The van der Waals surface area contributed by atoms with Gasteiger partial charge in [-0.05, 0) is 19.3 Å². The van der Waals surface area contributed by atoms with Gasteiger partial charge in [0.15, 0.2) is 0 Å². The maximum atomic E-state index is 3.29. The summed E-state index contributed by atoms with van der Waals surface area (Å²) in [5, 5.41) is 0. The molecule has 0 N–H and O–H groups in total. The topological polar surface area (TPSA) is 3.24 Å². The van der Waals surface area contributed by atoms with Crippen molar-refractivity contribution in [3.8, 4) is 23.7 Å². The molecule has 1 aliphatic heterocycles. The van der Waals surface area contributed by atoms with Crippen LogP contribution in [-0.4, -0.2) is 24.5 Å². The van der Waals surface area contributed by atoms with E-state index in [1.54, 1.807) is 0 Å². The van der Waals surface area contributed by atoms with Crippen LogP contribution in [0.2, 0.25) is 0 Å². The van der Waals surface area contributed by atoms with Crippen LogP contribution in [0, 0.1) is 23.7 Å². The van der Waals surface area contributed by atoms with E-state index in [9.17, 15) is 0 Å². The van der Waals surface area contributed by atoms with E-state index >= 15 is 0 Å². The third-order valence-electron chi connectivity index (χ3n) is 3.04. The SMILES string of the molecule is CCCCN1CC#CCCCCCCC#CC1. The first-order chi connectivity index (χ1) is 8.43. The summed E-state index contributed by atoms with van der Waals surface area (Å²) in [6.07, 6.45) is 9.79. The van der Waals surface area contributed by atoms with Crippen molar-refractivity contribution in [3.63, 3.8) is 0 Å². The van der Waals surface area contributed by atoms with Crippen LogP contribution >= 0.6 is 0 Å². The van der Waals surface area contributed by atoms with E-state index in [2.05, 4.69) is 35.5 Å². The van der Waals surface area contributed by atoms with Gasteiger partial charge < -0.3 is 0 Å². The Kier molecular flexibility index (Phi) is 8.53. The van der Waals surface area contributed by atoms with Gasteiger partial charge in [0, 0.05) is 19.4 Å². The van der Waals surface area contributed by atoms with Crippen molar-refractivity contribution < 1.29 is 0 Å². The maximum absolute atomic E-state index is 3.29. The molecule has 0 aromatic carbocycles. The van der Waals surface area contributed by atoms with Crippen LogP contribution in [0.3, 0.4) is 0 Å². The van der Waals surface area contributed by atoms with Crippen molar-refractivity contribution in [1.29, 1.82) is 0 Å². The summed E-state index contributed by atoms with van der Waals surface area (Å²) < 4.78 is 0. The average Bonchev–Trinajstić information content (AvgIpc) is 2.37. The first kappa shape index (κ1) is 14.1. The van der Waals surface area contributed by atoms with Crippen LogP contribution in [0.1, 0.15) is 58.3 Å². The van der Waals surface area contributed by atoms with Gasteiger partial charge in [0.2, 0.25) is 0 Å². The van der Waals surface area contributed by atoms with Crippen LogP contribution in [-0.2, 0) is 0 Å². The lowest BCUT2D eigenvalue weighted by molar-refractivity contribution is 0.338. The molecule has 0 saturated heterocycles. The van der Waals surface area contributed by atoms with Crippen molar-refractivity contribution in [3.05, 3.63) is 0 Å². The molecule has 0 spiro atoms. The molecule has 0 bridgehead atoms. The van der Waals surface area contributed by atoms with Gasteiger partial charge in [0.05, 0.1) is 13.1 Å². The number of hydrogen-bond acceptors (Lipinski definition) is 1. The zero-order chi connectivity index (χ0) is 12.2. The summed E-state index contributed by atoms with van der Waals surface area (Å²) in [5.41, 5.74) is 0. The van der Waals surface area contributed by atoms with E-state index in [0.29, 0.717) is 0 Å². The molecular weight excluding hydrogens is 206 g/mol. The Morgan fingerprint density at radius 1 is 0.824 bits per heavy atom. The van der Waals surface area contributed by atoms with Crippen LogP contribution in [0.15, 0.2) is 0 Å². The second-order valence-corrected chi connectivity index (χ2v) is 4.69. The summed E-state index contributed by atoms with van der Waals surface area (Å²) in [7, 11) is 0. The van der Waals surface area contributed by atoms with E-state index in [0.717, 1.165) is 32.5 Å². The van der Waals surface area contributed by atoms with Crippen molar-refractivity contribution in [2.45, 2.75) is 58.3 Å². The van der Waals surface area contributed by atoms with Crippen molar-refractivity contribution in [2.24, 2.45) is 0 Å². The van der Waals surface area contributed by atoms with Crippen LogP contribution in [0.25, 0.3) is 0 Å². The monoisotopic (exact) mass is 231 g/mol. The van der Waals surface area contributed by atoms with Gasteiger partial charge in [-0.15, -0.1) is 11.8 Å². The number of hydrogen-bond donors (Lipinski definition) is 0. The summed E-state index contributed by atoms with van der Waals surface area (Å²) in [5.74, 6) is 13.2. The summed E-state index contributed by atoms with van der Waals surface area (Å²) in [6.45, 7) is 5.17. The lowest BCUT2D eigenvalue weighted by Gasteiger charge is -2.15. The molecule has 0 unspecified atom stereocenters. The highest BCUT2D eigenvalue weighted by molar-refractivity contribution is 5.05. The Bertz CT molecular complexity index is 269. The van der Waals surface area contributed by atoms with Gasteiger partial charge in [0.25, 0.3) is 0 Å². The maximum Gasteiger partial charge on any atom is 0.0609 e. The lowest BCUT2D eigenvalue weighted by Crippen LogP contribution is -2.25. The third-order valence-corrected chi connectivity index (χ3v) is 3.04. The van der Waals surface area contributed by atoms with Crippen LogP contribution < -0.4 is 0 Å². The third kappa shape index (κ3) is 7.89. The molecule has 1 nitrogen and oxygen atoms in total. The molecule has 94 valence electrons. The summed E-state index contributed by atoms with van der Waals surface area (Å²) in [4.78, 5) is 2.38. The molecule has 0 aromatic rings. The Morgan fingerprint density at radius 3 is 1.94 bits per heavy atom. The predicted molar refractivity (Wildman–Crippen MR) is 74.6 cm³/mol. The fourth-order valence-corrected chi connectivity index (χ4v) is 1.89. The Balaban J connectivity index is 2.43. The normalized spacial score (nSPS) is 18.6. The molecule has 0 radical (unpaired) electrons. The largest absolute Gasteiger partial charge is 0.281 e. The Morgan fingerprint density at radius 2 is 1.41 bits per heavy atom. The molecule has 0 aliphatic carbocycles. The summed E-state index contributed by atoms with van der Waals surface area (Å²) >= 11 is 0. The van der Waals surface area contributed by atoms with Crippen molar-refractivity contribution in [2.75, 3.05) is 19.6 Å². The van der Waals surface area contributed by atoms with Gasteiger partial charge in [-0.1, -0.05) is 38.0 Å². The fourth-order valence-electron chi connectivity index (χ4n) is 1.89. The second-order valence-electron chi connectivity index (χ2n) is 4.69. The quantitative estimate of drug-likeness (QED) is 0.672. The van der Waals surface area contributed by atoms with E-state index in [1.807, 2.05) is 0 Å². The van der Waals surface area contributed by atoms with Crippen molar-refractivity contribution >= 4 is 0 Å². The highest BCUT2D eigenvalue weighted by atomic mass is 15.1. The van der Waals surface area contributed by atoms with Crippen molar-refractivity contribution in [1.82, 2.24) is 4.90 Å². The molecular formula is C16H25N. The molecule has 0 aromatic heterocycles. The molecule has 0 amide bonds. The number of rotatable bonds is 3. The average molecular weight is 231 g/mol. The molecule has 1 rings (SSSR count). The number of nitrogens with zero attached hydrogens (tertiary/aromatic N) is 1. The molecule has 1 aliphatic rings. The van der Waals surface area contributed by atoms with Gasteiger partial charge in [-0.25, -0.2) is 0 Å². The predicted octanol–water partition coefficient (Wildman–Crippen LogP) is 3.45. The standard InChI is InChI=1S/C16H25N/c1-2-3-14-17-15-12-10-8-6-4-5-7-9-11-13-16-17/h2-9,14-16H2,1H3. The first-order valence-corrected chi connectivity index (χ1v) is 7.07. The van der Waals surface area contributed by atoms with Gasteiger partial charge >= 0.3 is 0 Å². The van der Waals surface area contributed by atoms with Crippen LogP contribution in [0.4, 0.5) is 0 Å². The molecule has 0 fully saturated rings. The molecule has 1 heterocycles. The fraction of sp³-hybridized carbons (Fsp3) is 0.750. The smallest absolute Gasteiger partial charge is 0.0609 e. The molecule has 0 atom stereocenters. The van der Waals surface area contributed by atoms with Gasteiger partial charge in [-0.3, -0.25) is 4.90 Å². The zero-order valence-corrected chi connectivity index (χ0v) is 11.2.